The van der Waals surface area contributed by atoms with E-state index in [4.69, 9.17) is 5.11 Å². The van der Waals surface area contributed by atoms with Crippen molar-refractivity contribution >= 4 is 11.6 Å². The molecule has 1 aromatic rings. The fraction of sp³-hybridized carbons (Fsp3) is 0.462. The predicted octanol–water partition coefficient (Wildman–Crippen LogP) is 0.287. The molecule has 17 heavy (non-hydrogen) atoms. The fourth-order valence-corrected chi connectivity index (χ4v) is 2.44. The number of carbonyl (C=O) groups excluding carboxylic acids is 1. The molecule has 0 atom stereocenters. The first-order valence-electron chi connectivity index (χ1n) is 6.04. The Morgan fingerprint density at radius 1 is 1.47 bits per heavy atom. The van der Waals surface area contributed by atoms with E-state index >= 15 is 0 Å². The van der Waals surface area contributed by atoms with E-state index in [0.717, 1.165) is 37.3 Å². The van der Waals surface area contributed by atoms with Gasteiger partial charge >= 0.3 is 0 Å². The summed E-state index contributed by atoms with van der Waals surface area (Å²) in [4.78, 5) is 14.1. The van der Waals surface area contributed by atoms with Gasteiger partial charge in [0.2, 0.25) is 5.91 Å². The summed E-state index contributed by atoms with van der Waals surface area (Å²) >= 11 is 0. The van der Waals surface area contributed by atoms with Gasteiger partial charge in [0.05, 0.1) is 12.5 Å². The number of carbonyl (C=O) groups is 1. The first kappa shape index (κ1) is 10.7. The number of fused-ring (bicyclic) bond motifs is 1. The molecule has 0 unspecified atom stereocenters. The van der Waals surface area contributed by atoms with Gasteiger partial charge < -0.3 is 15.3 Å². The van der Waals surface area contributed by atoms with Gasteiger partial charge in [0, 0.05) is 25.3 Å². The van der Waals surface area contributed by atoms with Gasteiger partial charge in [-0.15, -0.1) is 0 Å². The molecule has 1 amide bonds. The van der Waals surface area contributed by atoms with Crippen molar-refractivity contribution in [3.8, 4) is 0 Å². The number of hydrogen-bond acceptors (Lipinski definition) is 3. The van der Waals surface area contributed by atoms with E-state index < -0.39 is 0 Å². The first-order chi connectivity index (χ1) is 8.29. The average Bonchev–Trinajstić information content (AvgIpc) is 2.68. The summed E-state index contributed by atoms with van der Waals surface area (Å²) < 4.78 is 0. The van der Waals surface area contributed by atoms with Crippen molar-refractivity contribution in [3.05, 3.63) is 29.3 Å². The van der Waals surface area contributed by atoms with Crippen LogP contribution >= 0.6 is 0 Å². The number of anilines is 1. The highest BCUT2D eigenvalue weighted by atomic mass is 16.3. The highest BCUT2D eigenvalue weighted by Gasteiger charge is 2.33. The van der Waals surface area contributed by atoms with Gasteiger partial charge in [0.25, 0.3) is 0 Å². The Kier molecular flexibility index (Phi) is 2.61. The van der Waals surface area contributed by atoms with E-state index in [1.165, 1.54) is 5.56 Å². The zero-order chi connectivity index (χ0) is 11.8. The van der Waals surface area contributed by atoms with E-state index in [9.17, 15) is 4.79 Å². The topological polar surface area (TPSA) is 52.6 Å². The maximum atomic E-state index is 12.2. The molecule has 1 saturated heterocycles. The van der Waals surface area contributed by atoms with E-state index in [0.29, 0.717) is 0 Å². The van der Waals surface area contributed by atoms with Crippen molar-refractivity contribution < 1.29 is 9.90 Å². The zero-order valence-corrected chi connectivity index (χ0v) is 9.65. The van der Waals surface area contributed by atoms with Crippen molar-refractivity contribution in [2.75, 3.05) is 24.5 Å². The van der Waals surface area contributed by atoms with Crippen LogP contribution in [0.1, 0.15) is 11.1 Å². The van der Waals surface area contributed by atoms with Crippen molar-refractivity contribution in [1.82, 2.24) is 5.32 Å². The summed E-state index contributed by atoms with van der Waals surface area (Å²) in [5.41, 5.74) is 3.08. The Hall–Kier alpha value is -1.39. The van der Waals surface area contributed by atoms with Crippen LogP contribution in [0.2, 0.25) is 0 Å². The number of aliphatic hydroxyl groups excluding tert-OH is 1. The molecule has 2 N–H and O–H groups in total. The second-order valence-corrected chi connectivity index (χ2v) is 4.72. The molecule has 1 fully saturated rings. The molecule has 0 aromatic heterocycles. The van der Waals surface area contributed by atoms with Gasteiger partial charge in [0.1, 0.15) is 0 Å². The van der Waals surface area contributed by atoms with Crippen LogP contribution in [0.15, 0.2) is 18.2 Å². The Balaban J connectivity index is 1.88. The molecular weight excluding hydrogens is 216 g/mol. The third-order valence-electron chi connectivity index (χ3n) is 3.62. The molecular formula is C13H16N2O2. The van der Waals surface area contributed by atoms with Crippen molar-refractivity contribution in [2.24, 2.45) is 5.92 Å². The van der Waals surface area contributed by atoms with E-state index in [1.54, 1.807) is 0 Å². The molecule has 0 spiro atoms. The van der Waals surface area contributed by atoms with E-state index in [1.807, 2.05) is 23.1 Å². The van der Waals surface area contributed by atoms with Gasteiger partial charge in [-0.1, -0.05) is 12.1 Å². The Labute approximate surface area is 100 Å². The highest BCUT2D eigenvalue weighted by Crippen LogP contribution is 2.30. The normalized spacial score (nSPS) is 19.0. The Morgan fingerprint density at radius 2 is 2.29 bits per heavy atom. The van der Waals surface area contributed by atoms with Crippen LogP contribution < -0.4 is 10.2 Å². The van der Waals surface area contributed by atoms with Crippen LogP contribution in [0.25, 0.3) is 0 Å². The number of amides is 1. The lowest BCUT2D eigenvalue weighted by molar-refractivity contribution is -0.123. The third-order valence-corrected chi connectivity index (χ3v) is 3.62. The Bertz CT molecular complexity index is 455. The van der Waals surface area contributed by atoms with Crippen LogP contribution in [-0.2, 0) is 17.8 Å². The van der Waals surface area contributed by atoms with Crippen molar-refractivity contribution in [1.29, 1.82) is 0 Å². The minimum absolute atomic E-state index is 0.0281. The van der Waals surface area contributed by atoms with Crippen LogP contribution in [0, 0.1) is 5.92 Å². The fourth-order valence-electron chi connectivity index (χ4n) is 2.44. The van der Waals surface area contributed by atoms with Crippen molar-refractivity contribution in [2.45, 2.75) is 13.0 Å². The summed E-state index contributed by atoms with van der Waals surface area (Å²) in [6.07, 6.45) is 0.924. The summed E-state index contributed by atoms with van der Waals surface area (Å²) in [5, 5.41) is 12.3. The van der Waals surface area contributed by atoms with Crippen LogP contribution in [0.4, 0.5) is 5.69 Å². The molecule has 0 bridgehead atoms. The molecule has 2 aliphatic heterocycles. The first-order valence-corrected chi connectivity index (χ1v) is 6.04. The second-order valence-electron chi connectivity index (χ2n) is 4.72. The second kappa shape index (κ2) is 4.13. The molecule has 0 radical (unpaired) electrons. The molecule has 1 aromatic carbocycles. The molecule has 2 aliphatic rings. The summed E-state index contributed by atoms with van der Waals surface area (Å²) in [6.45, 7) is 2.40. The Morgan fingerprint density at radius 3 is 2.94 bits per heavy atom. The van der Waals surface area contributed by atoms with Gasteiger partial charge in [-0.25, -0.2) is 0 Å². The standard InChI is InChI=1S/C13H16N2O2/c16-8-9-1-2-10-3-4-15(12(10)5-9)13(17)11-6-14-7-11/h1-2,5,11,14,16H,3-4,6-8H2. The van der Waals surface area contributed by atoms with Gasteiger partial charge in [-0.3, -0.25) is 4.79 Å². The maximum Gasteiger partial charge on any atom is 0.232 e. The molecule has 0 saturated carbocycles. The molecule has 90 valence electrons. The van der Waals surface area contributed by atoms with Crippen LogP contribution in [-0.4, -0.2) is 30.6 Å². The SMILES string of the molecule is O=C(C1CNC1)N1CCc2ccc(CO)cc21. The minimum Gasteiger partial charge on any atom is -0.392 e. The third kappa shape index (κ3) is 1.73. The number of nitrogens with one attached hydrogen (secondary N) is 1. The van der Waals surface area contributed by atoms with E-state index in [2.05, 4.69) is 5.32 Å². The predicted molar refractivity (Wildman–Crippen MR) is 64.8 cm³/mol. The smallest absolute Gasteiger partial charge is 0.232 e. The molecule has 3 rings (SSSR count). The molecule has 4 nitrogen and oxygen atoms in total. The maximum absolute atomic E-state index is 12.2. The van der Waals surface area contributed by atoms with Crippen molar-refractivity contribution in [3.63, 3.8) is 0 Å². The number of benzene rings is 1. The van der Waals surface area contributed by atoms with Gasteiger partial charge in [0.15, 0.2) is 0 Å². The number of hydrogen-bond donors (Lipinski definition) is 2. The average molecular weight is 232 g/mol. The van der Waals surface area contributed by atoms with Crippen LogP contribution in [0.5, 0.6) is 0 Å². The van der Waals surface area contributed by atoms with Gasteiger partial charge in [-0.05, 0) is 23.6 Å². The monoisotopic (exact) mass is 232 g/mol. The molecule has 2 heterocycles. The summed E-state index contributed by atoms with van der Waals surface area (Å²) in [5.74, 6) is 0.358. The zero-order valence-electron chi connectivity index (χ0n) is 9.65. The molecule has 0 aliphatic carbocycles. The summed E-state index contributed by atoms with van der Waals surface area (Å²) in [6, 6.07) is 5.89. The van der Waals surface area contributed by atoms with Gasteiger partial charge in [-0.2, -0.15) is 0 Å². The lowest BCUT2D eigenvalue weighted by Crippen LogP contribution is -2.51. The summed E-state index contributed by atoms with van der Waals surface area (Å²) in [7, 11) is 0. The van der Waals surface area contributed by atoms with Crippen LogP contribution in [0.3, 0.4) is 0 Å². The number of nitrogens with zero attached hydrogens (tertiary/aromatic N) is 1. The molecule has 4 heteroatoms. The van der Waals surface area contributed by atoms with E-state index in [-0.39, 0.29) is 18.4 Å². The minimum atomic E-state index is 0.0281. The largest absolute Gasteiger partial charge is 0.392 e. The lowest BCUT2D eigenvalue weighted by Gasteiger charge is -2.30. The number of rotatable bonds is 2. The highest BCUT2D eigenvalue weighted by molar-refractivity contribution is 5.97. The number of aliphatic hydroxyl groups is 1. The quantitative estimate of drug-likeness (QED) is 0.770. The lowest BCUT2D eigenvalue weighted by atomic mass is 10.0.